The lowest BCUT2D eigenvalue weighted by Crippen LogP contribution is -2.00. The highest BCUT2D eigenvalue weighted by atomic mass is 32.2. The molecule has 0 amide bonds. The Bertz CT molecular complexity index is 855. The lowest BCUT2D eigenvalue weighted by molar-refractivity contribution is -0.136. The summed E-state index contributed by atoms with van der Waals surface area (Å²) in [5.41, 5.74) is 1.00. The van der Waals surface area contributed by atoms with E-state index in [0.717, 1.165) is 11.8 Å². The number of hydrogen-bond donors (Lipinski definition) is 1. The van der Waals surface area contributed by atoms with Gasteiger partial charge in [-0.3, -0.25) is 4.79 Å². The molecule has 1 aromatic heterocycles. The van der Waals surface area contributed by atoms with Crippen molar-refractivity contribution in [2.45, 2.75) is 15.7 Å². The fourth-order valence-corrected chi connectivity index (χ4v) is 5.15. The largest absolute Gasteiger partial charge is 0.481 e. The molecular formula is C12H8N2O4S3. The Labute approximate surface area is 128 Å². The first-order valence-corrected chi connectivity index (χ1v) is 8.88. The number of thiazole rings is 1. The Morgan fingerprint density at radius 2 is 2.10 bits per heavy atom. The van der Waals surface area contributed by atoms with Gasteiger partial charge >= 0.3 is 5.97 Å². The highest BCUT2D eigenvalue weighted by Gasteiger charge is 2.29. The predicted molar refractivity (Wildman–Crippen MR) is 79.5 cm³/mol. The van der Waals surface area contributed by atoms with Crippen LogP contribution in [0.3, 0.4) is 0 Å². The second kappa shape index (κ2) is 5.24. The third-order valence-corrected chi connectivity index (χ3v) is 6.09. The van der Waals surface area contributed by atoms with Crippen LogP contribution in [0.15, 0.2) is 43.3 Å². The minimum atomic E-state index is -3.64. The summed E-state index contributed by atoms with van der Waals surface area (Å²) >= 11 is 2.40. The summed E-state index contributed by atoms with van der Waals surface area (Å²) in [6, 6.07) is 6.60. The number of fused-ring (bicyclic) bond motifs is 1. The van der Waals surface area contributed by atoms with Gasteiger partial charge in [0.1, 0.15) is 5.04 Å². The van der Waals surface area contributed by atoms with Crippen LogP contribution in [0.5, 0.6) is 0 Å². The summed E-state index contributed by atoms with van der Waals surface area (Å²) in [5, 5.41) is 10.7. The fraction of sp³-hybridized carbons (Fsp3) is 0.0833. The summed E-state index contributed by atoms with van der Waals surface area (Å²) in [5.74, 6) is -0.956. The molecule has 0 saturated heterocycles. The fourth-order valence-electron chi connectivity index (χ4n) is 1.80. The van der Waals surface area contributed by atoms with Crippen LogP contribution >= 0.6 is 23.1 Å². The quantitative estimate of drug-likeness (QED) is 0.918. The number of thioether (sulfide) groups is 1. The van der Waals surface area contributed by atoms with Gasteiger partial charge in [0.25, 0.3) is 10.0 Å². The van der Waals surface area contributed by atoms with E-state index in [1.54, 1.807) is 23.6 Å². The summed E-state index contributed by atoms with van der Waals surface area (Å²) in [7, 11) is -3.64. The highest BCUT2D eigenvalue weighted by Crippen LogP contribution is 2.35. The number of aliphatic carboxylic acids is 1. The molecule has 0 aliphatic carbocycles. The van der Waals surface area contributed by atoms with E-state index in [4.69, 9.17) is 5.11 Å². The number of carbonyl (C=O) groups is 1. The van der Waals surface area contributed by atoms with E-state index in [1.165, 1.54) is 17.4 Å². The van der Waals surface area contributed by atoms with Crippen molar-refractivity contribution in [1.82, 2.24) is 4.98 Å². The minimum Gasteiger partial charge on any atom is -0.481 e. The molecule has 1 N–H and O–H groups in total. The maximum absolute atomic E-state index is 11.9. The SMILES string of the molecule is O=C(O)Cc1csc(SC2=NS(=O)(=O)c3ccccc32)n1. The average molecular weight is 340 g/mol. The molecule has 0 fully saturated rings. The Hall–Kier alpha value is -1.71. The molecule has 108 valence electrons. The molecule has 1 aromatic carbocycles. The second-order valence-electron chi connectivity index (χ2n) is 4.14. The van der Waals surface area contributed by atoms with Gasteiger partial charge in [0.2, 0.25) is 0 Å². The molecule has 2 aromatic rings. The van der Waals surface area contributed by atoms with Crippen molar-refractivity contribution < 1.29 is 18.3 Å². The Kier molecular flexibility index (Phi) is 3.56. The van der Waals surface area contributed by atoms with Crippen molar-refractivity contribution in [3.8, 4) is 0 Å². The number of nitrogens with zero attached hydrogens (tertiary/aromatic N) is 2. The third kappa shape index (κ3) is 2.85. The highest BCUT2D eigenvalue weighted by molar-refractivity contribution is 8.16. The van der Waals surface area contributed by atoms with Crippen molar-refractivity contribution in [2.24, 2.45) is 4.40 Å². The van der Waals surface area contributed by atoms with E-state index >= 15 is 0 Å². The topological polar surface area (TPSA) is 96.7 Å². The van der Waals surface area contributed by atoms with Gasteiger partial charge in [-0.15, -0.1) is 11.3 Å². The normalized spacial score (nSPS) is 15.5. The predicted octanol–water partition coefficient (Wildman–Crippen LogP) is 2.01. The van der Waals surface area contributed by atoms with Gasteiger partial charge in [0.15, 0.2) is 4.34 Å². The Morgan fingerprint density at radius 3 is 2.86 bits per heavy atom. The molecule has 21 heavy (non-hydrogen) atoms. The molecule has 9 heteroatoms. The zero-order valence-corrected chi connectivity index (χ0v) is 12.8. The summed E-state index contributed by atoms with van der Waals surface area (Å²) < 4.78 is 28.1. The molecular weight excluding hydrogens is 332 g/mol. The molecule has 0 unspecified atom stereocenters. The zero-order chi connectivity index (χ0) is 15.0. The van der Waals surface area contributed by atoms with Crippen molar-refractivity contribution in [3.05, 3.63) is 40.9 Å². The molecule has 0 spiro atoms. The summed E-state index contributed by atoms with van der Waals surface area (Å²) in [6.45, 7) is 0. The standard InChI is InChI=1S/C12H8N2O4S3/c15-10(16)5-7-6-19-12(13-7)20-11-8-3-1-2-4-9(8)21(17,18)14-11/h1-4,6H,5H2,(H,15,16). The van der Waals surface area contributed by atoms with Crippen LogP contribution in [0.1, 0.15) is 11.3 Å². The number of rotatable bonds is 3. The number of aromatic nitrogens is 1. The lowest BCUT2D eigenvalue weighted by Gasteiger charge is -1.98. The smallest absolute Gasteiger partial charge is 0.309 e. The second-order valence-corrected chi connectivity index (χ2v) is 7.81. The molecule has 0 bridgehead atoms. The number of benzene rings is 1. The average Bonchev–Trinajstić information content (AvgIpc) is 2.93. The van der Waals surface area contributed by atoms with E-state index in [2.05, 4.69) is 9.38 Å². The molecule has 1 aliphatic rings. The number of carboxylic acids is 1. The molecule has 6 nitrogen and oxygen atoms in total. The van der Waals surface area contributed by atoms with Crippen LogP contribution in [-0.2, 0) is 21.2 Å². The van der Waals surface area contributed by atoms with Gasteiger partial charge < -0.3 is 5.11 Å². The monoisotopic (exact) mass is 340 g/mol. The first-order valence-electron chi connectivity index (χ1n) is 5.74. The van der Waals surface area contributed by atoms with Crippen molar-refractivity contribution >= 4 is 44.1 Å². The van der Waals surface area contributed by atoms with E-state index in [1.807, 2.05) is 0 Å². The summed E-state index contributed by atoms with van der Waals surface area (Å²) in [6.07, 6.45) is -0.154. The Balaban J connectivity index is 1.89. The van der Waals surface area contributed by atoms with Gasteiger partial charge in [-0.05, 0) is 17.8 Å². The van der Waals surface area contributed by atoms with E-state index in [-0.39, 0.29) is 11.3 Å². The molecule has 2 heterocycles. The van der Waals surface area contributed by atoms with Crippen LogP contribution in [0.4, 0.5) is 0 Å². The van der Waals surface area contributed by atoms with Crippen molar-refractivity contribution in [2.75, 3.05) is 0 Å². The molecule has 1 aliphatic heterocycles. The van der Waals surface area contributed by atoms with Crippen molar-refractivity contribution in [1.29, 1.82) is 0 Å². The van der Waals surface area contributed by atoms with Crippen LogP contribution in [0.25, 0.3) is 0 Å². The van der Waals surface area contributed by atoms with Crippen LogP contribution in [-0.4, -0.2) is 29.5 Å². The number of sulfonamides is 1. The summed E-state index contributed by atoms with van der Waals surface area (Å²) in [4.78, 5) is 15.0. The Morgan fingerprint density at radius 1 is 1.33 bits per heavy atom. The van der Waals surface area contributed by atoms with E-state index in [0.29, 0.717) is 20.6 Å². The number of hydrogen-bond acceptors (Lipinski definition) is 6. The first-order chi connectivity index (χ1) is 9.95. The van der Waals surface area contributed by atoms with Gasteiger partial charge in [-0.2, -0.15) is 12.8 Å². The van der Waals surface area contributed by atoms with Gasteiger partial charge in [-0.1, -0.05) is 18.2 Å². The van der Waals surface area contributed by atoms with Crippen molar-refractivity contribution in [3.63, 3.8) is 0 Å². The van der Waals surface area contributed by atoms with Crippen LogP contribution in [0, 0.1) is 0 Å². The molecule has 3 rings (SSSR count). The maximum atomic E-state index is 11.9. The molecule has 0 radical (unpaired) electrons. The minimum absolute atomic E-state index is 0.154. The molecule has 0 saturated carbocycles. The molecule has 0 atom stereocenters. The first kappa shape index (κ1) is 14.2. The van der Waals surface area contributed by atoms with Gasteiger partial charge in [-0.25, -0.2) is 4.98 Å². The van der Waals surface area contributed by atoms with Crippen LogP contribution < -0.4 is 0 Å². The lowest BCUT2D eigenvalue weighted by atomic mass is 10.2. The third-order valence-electron chi connectivity index (χ3n) is 2.65. The maximum Gasteiger partial charge on any atom is 0.309 e. The van der Waals surface area contributed by atoms with Gasteiger partial charge in [0.05, 0.1) is 17.0 Å². The zero-order valence-electron chi connectivity index (χ0n) is 10.4. The van der Waals surface area contributed by atoms with E-state index in [9.17, 15) is 13.2 Å². The van der Waals surface area contributed by atoms with E-state index < -0.39 is 16.0 Å². The number of carboxylic acid groups (broad SMARTS) is 1. The van der Waals surface area contributed by atoms with Gasteiger partial charge in [0, 0.05) is 10.9 Å². The van der Waals surface area contributed by atoms with Crippen LogP contribution in [0.2, 0.25) is 0 Å².